The Morgan fingerprint density at radius 1 is 1.23 bits per heavy atom. The standard InChI is InChI=1S/C7H2Cl4O2/c8-3-1-2(7(11)13)6(12)5(10)4(3)9/h1-2H/t2-/m1/s1. The highest BCUT2D eigenvalue weighted by molar-refractivity contribution is 6.67. The molecular weight excluding hydrogens is 258 g/mol. The summed E-state index contributed by atoms with van der Waals surface area (Å²) in [7, 11) is 0. The number of rotatable bonds is 1. The maximum absolute atomic E-state index is 11.2. The molecule has 1 rings (SSSR count). The molecule has 0 radical (unpaired) electrons. The first-order valence-electron chi connectivity index (χ1n) is 3.11. The summed E-state index contributed by atoms with van der Waals surface area (Å²) >= 11 is 21.8. The number of Topliss-reactive ketones (excluding diaryl/α,β-unsaturated/α-hetero) is 1. The molecular formula is C7H2Cl4O2. The summed E-state index contributed by atoms with van der Waals surface area (Å²) in [6.07, 6.45) is 1.17. The van der Waals surface area contributed by atoms with Crippen LogP contribution in [0.2, 0.25) is 0 Å². The van der Waals surface area contributed by atoms with Crippen LogP contribution in [0.15, 0.2) is 21.2 Å². The van der Waals surface area contributed by atoms with Crippen molar-refractivity contribution in [3.63, 3.8) is 0 Å². The van der Waals surface area contributed by atoms with Gasteiger partial charge in [0, 0.05) is 0 Å². The van der Waals surface area contributed by atoms with Gasteiger partial charge in [0.1, 0.15) is 11.0 Å². The molecule has 0 aromatic carbocycles. The van der Waals surface area contributed by atoms with E-state index in [2.05, 4.69) is 0 Å². The Labute approximate surface area is 94.1 Å². The van der Waals surface area contributed by atoms with Crippen molar-refractivity contribution in [1.29, 1.82) is 0 Å². The second-order valence-electron chi connectivity index (χ2n) is 2.29. The highest BCUT2D eigenvalue weighted by Gasteiger charge is 2.31. The maximum atomic E-state index is 11.2. The molecule has 1 atom stereocenters. The van der Waals surface area contributed by atoms with Gasteiger partial charge in [0.2, 0.25) is 5.24 Å². The van der Waals surface area contributed by atoms with Crippen molar-refractivity contribution in [3.8, 4) is 0 Å². The smallest absolute Gasteiger partial charge is 0.236 e. The summed E-state index contributed by atoms with van der Waals surface area (Å²) in [6.45, 7) is 0. The Morgan fingerprint density at radius 3 is 2.23 bits per heavy atom. The van der Waals surface area contributed by atoms with Crippen LogP contribution in [0.4, 0.5) is 0 Å². The van der Waals surface area contributed by atoms with Gasteiger partial charge in [0.15, 0.2) is 5.78 Å². The molecule has 0 saturated heterocycles. The zero-order chi connectivity index (χ0) is 10.2. The minimum Gasteiger partial charge on any atom is -0.292 e. The first kappa shape index (κ1) is 11.1. The minimum absolute atomic E-state index is 0.0532. The van der Waals surface area contributed by atoms with E-state index in [4.69, 9.17) is 46.4 Å². The molecule has 0 aromatic rings. The lowest BCUT2D eigenvalue weighted by Gasteiger charge is -2.13. The fourth-order valence-electron chi connectivity index (χ4n) is 0.813. The number of carbonyl (C=O) groups excluding carboxylic acids is 2. The van der Waals surface area contributed by atoms with E-state index in [-0.39, 0.29) is 15.1 Å². The van der Waals surface area contributed by atoms with Gasteiger partial charge < -0.3 is 0 Å². The summed E-state index contributed by atoms with van der Waals surface area (Å²) in [6, 6.07) is 0. The van der Waals surface area contributed by atoms with Gasteiger partial charge >= 0.3 is 0 Å². The Bertz CT molecular complexity index is 342. The Kier molecular flexibility index (Phi) is 3.41. The van der Waals surface area contributed by atoms with Gasteiger partial charge in [-0.25, -0.2) is 0 Å². The van der Waals surface area contributed by atoms with E-state index in [0.717, 1.165) is 0 Å². The molecule has 1 aliphatic rings. The summed E-state index contributed by atoms with van der Waals surface area (Å²) in [5.41, 5.74) is 0. The van der Waals surface area contributed by atoms with Crippen LogP contribution in [0.3, 0.4) is 0 Å². The number of allylic oxidation sites excluding steroid dienone is 4. The molecule has 0 spiro atoms. The molecule has 13 heavy (non-hydrogen) atoms. The average molecular weight is 260 g/mol. The number of halogens is 4. The van der Waals surface area contributed by atoms with Crippen LogP contribution < -0.4 is 0 Å². The third kappa shape index (κ3) is 2.08. The van der Waals surface area contributed by atoms with E-state index >= 15 is 0 Å². The van der Waals surface area contributed by atoms with Gasteiger partial charge in [0.25, 0.3) is 0 Å². The van der Waals surface area contributed by atoms with Gasteiger partial charge in [-0.15, -0.1) is 0 Å². The van der Waals surface area contributed by atoms with Crippen LogP contribution in [-0.2, 0) is 9.59 Å². The topological polar surface area (TPSA) is 34.1 Å². The highest BCUT2D eigenvalue weighted by atomic mass is 35.5. The minimum atomic E-state index is -1.12. The van der Waals surface area contributed by atoms with Crippen molar-refractivity contribution < 1.29 is 9.59 Å². The Morgan fingerprint density at radius 2 is 1.77 bits per heavy atom. The Balaban J connectivity index is 3.15. The SMILES string of the molecule is O=C(Cl)[C@@H]1C=C(Cl)C(Cl)=C(Cl)C1=O. The lowest BCUT2D eigenvalue weighted by molar-refractivity contribution is -0.124. The summed E-state index contributed by atoms with van der Waals surface area (Å²) in [5, 5.41) is -1.08. The molecule has 0 aromatic heterocycles. The van der Waals surface area contributed by atoms with E-state index in [9.17, 15) is 9.59 Å². The van der Waals surface area contributed by atoms with Crippen molar-refractivity contribution in [2.24, 2.45) is 5.92 Å². The van der Waals surface area contributed by atoms with Gasteiger partial charge in [-0.2, -0.15) is 0 Å². The third-order valence-electron chi connectivity index (χ3n) is 1.46. The zero-order valence-electron chi connectivity index (χ0n) is 5.98. The molecule has 0 heterocycles. The van der Waals surface area contributed by atoms with Crippen molar-refractivity contribution in [2.75, 3.05) is 0 Å². The molecule has 0 fully saturated rings. The predicted molar refractivity (Wildman–Crippen MR) is 52.0 cm³/mol. The van der Waals surface area contributed by atoms with Crippen molar-refractivity contribution >= 4 is 57.4 Å². The summed E-state index contributed by atoms with van der Waals surface area (Å²) in [4.78, 5) is 22.0. The monoisotopic (exact) mass is 258 g/mol. The largest absolute Gasteiger partial charge is 0.292 e. The molecule has 0 unspecified atom stereocenters. The molecule has 0 aliphatic heterocycles. The number of carbonyl (C=O) groups is 2. The first-order chi connectivity index (χ1) is 5.95. The van der Waals surface area contributed by atoms with E-state index in [1.54, 1.807) is 0 Å². The van der Waals surface area contributed by atoms with Gasteiger partial charge in [-0.1, -0.05) is 34.8 Å². The summed E-state index contributed by atoms with van der Waals surface area (Å²) < 4.78 is 0. The number of hydrogen-bond donors (Lipinski definition) is 0. The highest BCUT2D eigenvalue weighted by Crippen LogP contribution is 2.34. The predicted octanol–water partition coefficient (Wildman–Crippen LogP) is 2.76. The molecule has 70 valence electrons. The quantitative estimate of drug-likeness (QED) is 0.536. The van der Waals surface area contributed by atoms with Crippen molar-refractivity contribution in [1.82, 2.24) is 0 Å². The molecule has 0 amide bonds. The zero-order valence-corrected chi connectivity index (χ0v) is 9.01. The van der Waals surface area contributed by atoms with Crippen LogP contribution in [0, 0.1) is 5.92 Å². The lowest BCUT2D eigenvalue weighted by atomic mass is 10.0. The maximum Gasteiger partial charge on any atom is 0.236 e. The van der Waals surface area contributed by atoms with E-state index in [0.29, 0.717) is 0 Å². The van der Waals surface area contributed by atoms with Crippen LogP contribution in [0.5, 0.6) is 0 Å². The Hall–Kier alpha value is -0.0200. The van der Waals surface area contributed by atoms with Gasteiger partial charge in [-0.05, 0) is 17.7 Å². The van der Waals surface area contributed by atoms with Crippen LogP contribution in [-0.4, -0.2) is 11.0 Å². The van der Waals surface area contributed by atoms with Crippen molar-refractivity contribution in [2.45, 2.75) is 0 Å². The lowest BCUT2D eigenvalue weighted by Crippen LogP contribution is -2.22. The average Bonchev–Trinajstić information content (AvgIpc) is 2.07. The van der Waals surface area contributed by atoms with Crippen LogP contribution >= 0.6 is 46.4 Å². The van der Waals surface area contributed by atoms with Crippen molar-refractivity contribution in [3.05, 3.63) is 21.2 Å². The van der Waals surface area contributed by atoms with Crippen LogP contribution in [0.25, 0.3) is 0 Å². The van der Waals surface area contributed by atoms with Gasteiger partial charge in [0.05, 0.1) is 10.1 Å². The molecule has 2 nitrogen and oxygen atoms in total. The number of hydrogen-bond acceptors (Lipinski definition) is 2. The normalized spacial score (nSPS) is 23.2. The van der Waals surface area contributed by atoms with E-state index in [1.165, 1.54) is 6.08 Å². The third-order valence-corrected chi connectivity index (χ3v) is 2.97. The second kappa shape index (κ2) is 4.01. The van der Waals surface area contributed by atoms with E-state index in [1.807, 2.05) is 0 Å². The molecule has 0 bridgehead atoms. The first-order valence-corrected chi connectivity index (χ1v) is 4.63. The molecule has 6 heteroatoms. The molecule has 0 saturated carbocycles. The second-order valence-corrected chi connectivity index (χ2v) is 3.82. The fraction of sp³-hybridized carbons (Fsp3) is 0.143. The number of ketones is 1. The summed E-state index contributed by atoms with van der Waals surface area (Å²) in [5.74, 6) is -1.75. The fourth-order valence-corrected chi connectivity index (χ4v) is 1.62. The molecule has 1 aliphatic carbocycles. The molecule has 0 N–H and O–H groups in total. The van der Waals surface area contributed by atoms with E-state index < -0.39 is 16.9 Å². The van der Waals surface area contributed by atoms with Crippen LogP contribution in [0.1, 0.15) is 0 Å². The van der Waals surface area contributed by atoms with Gasteiger partial charge in [-0.3, -0.25) is 9.59 Å².